The van der Waals surface area contributed by atoms with E-state index in [9.17, 15) is 4.79 Å². The quantitative estimate of drug-likeness (QED) is 0.742. The molecule has 2 fully saturated rings. The lowest BCUT2D eigenvalue weighted by Crippen LogP contribution is -2.49. The van der Waals surface area contributed by atoms with Gasteiger partial charge in [0.2, 0.25) is 5.91 Å². The monoisotopic (exact) mass is 254 g/mol. The molecule has 0 N–H and O–H groups in total. The van der Waals surface area contributed by atoms with Gasteiger partial charge in [-0.1, -0.05) is 0 Å². The molecular weight excluding hydrogens is 228 g/mol. The average molecular weight is 254 g/mol. The van der Waals surface area contributed by atoms with Crippen LogP contribution in [-0.4, -0.2) is 61.1 Å². The number of hydrogen-bond donors (Lipinski definition) is 0. The predicted octanol–water partition coefficient (Wildman–Crippen LogP) is 1.36. The normalized spacial score (nSPS) is 23.4. The Morgan fingerprint density at radius 3 is 2.28 bits per heavy atom. The van der Waals surface area contributed by atoms with Crippen molar-refractivity contribution in [2.24, 2.45) is 5.41 Å². The Bertz CT molecular complexity index is 292. The van der Waals surface area contributed by atoms with Crippen LogP contribution in [0.3, 0.4) is 0 Å². The van der Waals surface area contributed by atoms with Crippen molar-refractivity contribution in [3.05, 3.63) is 0 Å². The van der Waals surface area contributed by atoms with Gasteiger partial charge >= 0.3 is 0 Å². The number of piperazine rings is 1. The van der Waals surface area contributed by atoms with Gasteiger partial charge in [-0.2, -0.15) is 0 Å². The molecule has 0 unspecified atom stereocenters. The van der Waals surface area contributed by atoms with Crippen LogP contribution in [0, 0.1) is 5.41 Å². The lowest BCUT2D eigenvalue weighted by molar-refractivity contribution is -0.130. The maximum atomic E-state index is 11.3. The molecule has 1 aliphatic carbocycles. The molecular formula is C14H26N2O2. The van der Waals surface area contributed by atoms with Gasteiger partial charge in [-0.3, -0.25) is 9.69 Å². The van der Waals surface area contributed by atoms with E-state index in [2.05, 4.69) is 18.7 Å². The van der Waals surface area contributed by atoms with Gasteiger partial charge in [-0.25, -0.2) is 0 Å². The third-order valence-corrected chi connectivity index (χ3v) is 4.06. The smallest absolute Gasteiger partial charge is 0.219 e. The fourth-order valence-electron chi connectivity index (χ4n) is 2.56. The van der Waals surface area contributed by atoms with Gasteiger partial charge in [0.1, 0.15) is 0 Å². The molecule has 104 valence electrons. The molecule has 0 aromatic carbocycles. The fourth-order valence-corrected chi connectivity index (χ4v) is 2.56. The first kappa shape index (κ1) is 13.8. The lowest BCUT2D eigenvalue weighted by atomic mass is 10.1. The van der Waals surface area contributed by atoms with Crippen LogP contribution in [0.1, 0.15) is 33.6 Å². The molecule has 0 radical (unpaired) electrons. The zero-order chi connectivity index (χ0) is 13.2. The molecule has 1 heterocycles. The summed E-state index contributed by atoms with van der Waals surface area (Å²) in [4.78, 5) is 15.7. The highest BCUT2D eigenvalue weighted by molar-refractivity contribution is 5.73. The first-order valence-electron chi connectivity index (χ1n) is 7.10. The summed E-state index contributed by atoms with van der Waals surface area (Å²) in [5.74, 6) is 0.207. The molecule has 4 heteroatoms. The number of rotatable bonds is 5. The van der Waals surface area contributed by atoms with Crippen molar-refractivity contribution < 1.29 is 9.53 Å². The molecule has 0 bridgehead atoms. The highest BCUT2D eigenvalue weighted by atomic mass is 16.5. The van der Waals surface area contributed by atoms with Crippen LogP contribution in [0.5, 0.6) is 0 Å². The second kappa shape index (κ2) is 5.57. The molecule has 18 heavy (non-hydrogen) atoms. The van der Waals surface area contributed by atoms with Crippen molar-refractivity contribution in [3.8, 4) is 0 Å². The number of ether oxygens (including phenoxy) is 1. The van der Waals surface area contributed by atoms with Crippen LogP contribution in [0.2, 0.25) is 0 Å². The molecule has 4 nitrogen and oxygen atoms in total. The third kappa shape index (κ3) is 3.69. The molecule has 0 aromatic rings. The van der Waals surface area contributed by atoms with Crippen LogP contribution in [-0.2, 0) is 9.53 Å². The molecule has 1 amide bonds. The van der Waals surface area contributed by atoms with Crippen molar-refractivity contribution in [1.29, 1.82) is 0 Å². The second-order valence-electron chi connectivity index (χ2n) is 6.14. The minimum absolute atomic E-state index is 0.207. The van der Waals surface area contributed by atoms with Gasteiger partial charge < -0.3 is 9.64 Å². The van der Waals surface area contributed by atoms with Crippen LogP contribution in [0.25, 0.3) is 0 Å². The molecule has 1 aliphatic heterocycles. The molecule has 0 atom stereocenters. The summed E-state index contributed by atoms with van der Waals surface area (Å²) < 4.78 is 5.78. The maximum Gasteiger partial charge on any atom is 0.219 e. The van der Waals surface area contributed by atoms with Crippen LogP contribution >= 0.6 is 0 Å². The zero-order valence-corrected chi connectivity index (χ0v) is 11.9. The number of carbonyl (C=O) groups excluding carboxylic acids is 1. The van der Waals surface area contributed by atoms with E-state index in [1.807, 2.05) is 4.90 Å². The Balaban J connectivity index is 1.73. The predicted molar refractivity (Wildman–Crippen MR) is 71.4 cm³/mol. The van der Waals surface area contributed by atoms with E-state index < -0.39 is 0 Å². The van der Waals surface area contributed by atoms with E-state index in [0.717, 1.165) is 39.3 Å². The largest absolute Gasteiger partial charge is 0.378 e. The van der Waals surface area contributed by atoms with Crippen molar-refractivity contribution in [3.63, 3.8) is 0 Å². The van der Waals surface area contributed by atoms with Crippen LogP contribution in [0.4, 0.5) is 0 Å². The van der Waals surface area contributed by atoms with Crippen molar-refractivity contribution in [2.45, 2.75) is 39.7 Å². The fraction of sp³-hybridized carbons (Fsp3) is 0.929. The Hall–Kier alpha value is -0.610. The zero-order valence-electron chi connectivity index (χ0n) is 11.9. The first-order chi connectivity index (χ1) is 8.51. The summed E-state index contributed by atoms with van der Waals surface area (Å²) in [6, 6.07) is 0. The lowest BCUT2D eigenvalue weighted by Gasteiger charge is -2.36. The highest BCUT2D eigenvalue weighted by Crippen LogP contribution is 2.46. The molecule has 1 saturated carbocycles. The van der Waals surface area contributed by atoms with Gasteiger partial charge in [0.05, 0.1) is 12.7 Å². The van der Waals surface area contributed by atoms with Crippen molar-refractivity contribution in [2.75, 3.05) is 39.3 Å². The van der Waals surface area contributed by atoms with E-state index in [-0.39, 0.29) is 5.91 Å². The van der Waals surface area contributed by atoms with E-state index >= 15 is 0 Å². The summed E-state index contributed by atoms with van der Waals surface area (Å²) in [6.07, 6.45) is 2.93. The first-order valence-corrected chi connectivity index (χ1v) is 7.10. The van der Waals surface area contributed by atoms with E-state index in [4.69, 9.17) is 4.74 Å². The summed E-state index contributed by atoms with van der Waals surface area (Å²) in [7, 11) is 0. The SMILES string of the molecule is CC(=O)N1CCN(CC2(COC(C)C)CC2)CC1. The Morgan fingerprint density at radius 1 is 1.22 bits per heavy atom. The molecule has 2 rings (SSSR count). The average Bonchev–Trinajstić information content (AvgIpc) is 3.08. The number of nitrogens with zero attached hydrogens (tertiary/aromatic N) is 2. The molecule has 0 spiro atoms. The highest BCUT2D eigenvalue weighted by Gasteiger charge is 2.44. The Morgan fingerprint density at radius 2 is 1.83 bits per heavy atom. The topological polar surface area (TPSA) is 32.8 Å². The summed E-state index contributed by atoms with van der Waals surface area (Å²) in [6.45, 7) is 11.7. The van der Waals surface area contributed by atoms with Crippen LogP contribution in [0.15, 0.2) is 0 Å². The van der Waals surface area contributed by atoms with E-state index in [1.165, 1.54) is 12.8 Å². The second-order valence-corrected chi connectivity index (χ2v) is 6.14. The Kier molecular flexibility index (Phi) is 4.28. The minimum atomic E-state index is 0.207. The number of amides is 1. The molecule has 0 aromatic heterocycles. The standard InChI is InChI=1S/C14H26N2O2/c1-12(2)18-11-14(4-5-14)10-15-6-8-16(9-7-15)13(3)17/h12H,4-11H2,1-3H3. The van der Waals surface area contributed by atoms with Crippen LogP contribution < -0.4 is 0 Å². The van der Waals surface area contributed by atoms with Gasteiger partial charge in [-0.15, -0.1) is 0 Å². The van der Waals surface area contributed by atoms with Gasteiger partial charge in [0.25, 0.3) is 0 Å². The Labute approximate surface area is 110 Å². The van der Waals surface area contributed by atoms with Gasteiger partial charge in [-0.05, 0) is 26.7 Å². The van der Waals surface area contributed by atoms with E-state index in [0.29, 0.717) is 11.5 Å². The van der Waals surface area contributed by atoms with E-state index in [1.54, 1.807) is 6.92 Å². The summed E-state index contributed by atoms with van der Waals surface area (Å²) in [5, 5.41) is 0. The summed E-state index contributed by atoms with van der Waals surface area (Å²) >= 11 is 0. The minimum Gasteiger partial charge on any atom is -0.378 e. The number of hydrogen-bond acceptors (Lipinski definition) is 3. The molecule has 1 saturated heterocycles. The van der Waals surface area contributed by atoms with Crippen molar-refractivity contribution in [1.82, 2.24) is 9.80 Å². The van der Waals surface area contributed by atoms with Gasteiger partial charge in [0.15, 0.2) is 0 Å². The number of carbonyl (C=O) groups is 1. The van der Waals surface area contributed by atoms with Crippen molar-refractivity contribution >= 4 is 5.91 Å². The van der Waals surface area contributed by atoms with Gasteiger partial charge in [0, 0.05) is 45.1 Å². The maximum absolute atomic E-state index is 11.3. The third-order valence-electron chi connectivity index (χ3n) is 4.06. The molecule has 2 aliphatic rings. The summed E-state index contributed by atoms with van der Waals surface area (Å²) in [5.41, 5.74) is 0.419.